The van der Waals surface area contributed by atoms with Crippen LogP contribution >= 0.6 is 0 Å². The molecular weight excluding hydrogens is 180 g/mol. The molecule has 1 atom stereocenters. The maximum Gasteiger partial charge on any atom is 0.330 e. The highest BCUT2D eigenvalue weighted by molar-refractivity contribution is 5.81. The molecule has 0 heterocycles. The first-order valence-corrected chi connectivity index (χ1v) is 5.16. The van der Waals surface area contributed by atoms with Gasteiger partial charge in [-0.3, -0.25) is 0 Å². The van der Waals surface area contributed by atoms with Crippen molar-refractivity contribution in [3.63, 3.8) is 0 Å². The maximum absolute atomic E-state index is 10.9. The molecule has 0 aromatic rings. The lowest BCUT2D eigenvalue weighted by Gasteiger charge is -2.04. The topological polar surface area (TPSA) is 46.5 Å². The van der Waals surface area contributed by atoms with Crippen molar-refractivity contribution in [2.75, 3.05) is 13.2 Å². The van der Waals surface area contributed by atoms with Gasteiger partial charge in [0.15, 0.2) is 0 Å². The standard InChI is InChI=1S/C11H20O3/c1-3-14-11(13)8-7-10(2)6-4-5-9-12/h7-8,10,12H,3-6,9H2,1-2H3/b8-7+. The first-order valence-electron chi connectivity index (χ1n) is 5.16. The van der Waals surface area contributed by atoms with Crippen LogP contribution in [0, 0.1) is 5.92 Å². The molecule has 0 fully saturated rings. The molecule has 1 unspecified atom stereocenters. The van der Waals surface area contributed by atoms with Crippen LogP contribution in [0.25, 0.3) is 0 Å². The number of rotatable bonds is 7. The normalized spacial score (nSPS) is 13.1. The lowest BCUT2D eigenvalue weighted by molar-refractivity contribution is -0.137. The summed E-state index contributed by atoms with van der Waals surface area (Å²) in [6.45, 7) is 4.50. The third-order valence-corrected chi connectivity index (χ3v) is 1.92. The zero-order valence-electron chi connectivity index (χ0n) is 9.03. The summed E-state index contributed by atoms with van der Waals surface area (Å²) in [6.07, 6.45) is 6.15. The SMILES string of the molecule is CCOC(=O)/C=C/C(C)CCCCO. The number of hydrogen-bond acceptors (Lipinski definition) is 3. The van der Waals surface area contributed by atoms with Gasteiger partial charge in [-0.05, 0) is 25.7 Å². The molecule has 0 spiro atoms. The smallest absolute Gasteiger partial charge is 0.330 e. The Kier molecular flexibility index (Phi) is 8.24. The molecular formula is C11H20O3. The van der Waals surface area contributed by atoms with Crippen LogP contribution in [0.15, 0.2) is 12.2 Å². The van der Waals surface area contributed by atoms with E-state index in [4.69, 9.17) is 9.84 Å². The number of aliphatic hydroxyl groups is 1. The first kappa shape index (κ1) is 13.2. The second kappa shape index (κ2) is 8.75. The molecule has 3 heteroatoms. The molecule has 0 radical (unpaired) electrons. The number of unbranched alkanes of at least 4 members (excludes halogenated alkanes) is 1. The van der Waals surface area contributed by atoms with E-state index in [1.165, 1.54) is 6.08 Å². The van der Waals surface area contributed by atoms with Gasteiger partial charge in [0.25, 0.3) is 0 Å². The molecule has 14 heavy (non-hydrogen) atoms. The second-order valence-electron chi connectivity index (χ2n) is 3.31. The Morgan fingerprint density at radius 1 is 1.50 bits per heavy atom. The molecule has 0 aromatic heterocycles. The van der Waals surface area contributed by atoms with Gasteiger partial charge >= 0.3 is 5.97 Å². The quantitative estimate of drug-likeness (QED) is 0.388. The van der Waals surface area contributed by atoms with E-state index >= 15 is 0 Å². The van der Waals surface area contributed by atoms with E-state index in [-0.39, 0.29) is 12.6 Å². The molecule has 1 N–H and O–H groups in total. The summed E-state index contributed by atoms with van der Waals surface area (Å²) in [6, 6.07) is 0. The third kappa shape index (κ3) is 7.80. The van der Waals surface area contributed by atoms with Crippen LogP contribution in [0.1, 0.15) is 33.1 Å². The minimum Gasteiger partial charge on any atom is -0.463 e. The van der Waals surface area contributed by atoms with Crippen LogP contribution in [0.5, 0.6) is 0 Å². The number of ether oxygens (including phenoxy) is 1. The van der Waals surface area contributed by atoms with Crippen molar-refractivity contribution in [3.8, 4) is 0 Å². The highest BCUT2D eigenvalue weighted by Gasteiger charge is 1.99. The summed E-state index contributed by atoms with van der Waals surface area (Å²) in [5.74, 6) is 0.0902. The Labute approximate surface area is 85.8 Å². The molecule has 0 rings (SSSR count). The highest BCUT2D eigenvalue weighted by atomic mass is 16.5. The molecule has 0 aliphatic carbocycles. The lowest BCUT2D eigenvalue weighted by Crippen LogP contribution is -2.00. The summed E-state index contributed by atoms with van der Waals surface area (Å²) >= 11 is 0. The summed E-state index contributed by atoms with van der Waals surface area (Å²) in [4.78, 5) is 10.9. The maximum atomic E-state index is 10.9. The van der Waals surface area contributed by atoms with Gasteiger partial charge in [-0.2, -0.15) is 0 Å². The van der Waals surface area contributed by atoms with E-state index < -0.39 is 0 Å². The van der Waals surface area contributed by atoms with Gasteiger partial charge in [0.05, 0.1) is 6.61 Å². The van der Waals surface area contributed by atoms with E-state index in [9.17, 15) is 4.79 Å². The van der Waals surface area contributed by atoms with Gasteiger partial charge in [-0.15, -0.1) is 0 Å². The fourth-order valence-electron chi connectivity index (χ4n) is 1.11. The monoisotopic (exact) mass is 200 g/mol. The molecule has 0 aliphatic heterocycles. The minimum absolute atomic E-state index is 0.244. The lowest BCUT2D eigenvalue weighted by atomic mass is 10.0. The molecule has 82 valence electrons. The number of carbonyl (C=O) groups excluding carboxylic acids is 1. The summed E-state index contributed by atoms with van der Waals surface area (Å²) in [5.41, 5.74) is 0. The number of esters is 1. The first-order chi connectivity index (χ1) is 6.70. The van der Waals surface area contributed by atoms with Crippen LogP contribution in [-0.4, -0.2) is 24.3 Å². The average molecular weight is 200 g/mol. The molecule has 0 aliphatic rings. The van der Waals surface area contributed by atoms with Gasteiger partial charge in [0.1, 0.15) is 0 Å². The van der Waals surface area contributed by atoms with Gasteiger partial charge in [-0.1, -0.05) is 19.4 Å². The van der Waals surface area contributed by atoms with E-state index in [1.807, 2.05) is 13.0 Å². The van der Waals surface area contributed by atoms with Gasteiger partial charge in [0.2, 0.25) is 0 Å². The zero-order chi connectivity index (χ0) is 10.8. The predicted molar refractivity (Wildman–Crippen MR) is 55.9 cm³/mol. The number of aliphatic hydroxyl groups excluding tert-OH is 1. The number of allylic oxidation sites excluding steroid dienone is 1. The summed E-state index contributed by atoms with van der Waals surface area (Å²) in [7, 11) is 0. The third-order valence-electron chi connectivity index (χ3n) is 1.92. The van der Waals surface area contributed by atoms with Crippen LogP contribution in [0.2, 0.25) is 0 Å². The van der Waals surface area contributed by atoms with Gasteiger partial charge < -0.3 is 9.84 Å². The zero-order valence-corrected chi connectivity index (χ0v) is 9.03. The Hall–Kier alpha value is -0.830. The Bertz CT molecular complexity index is 175. The van der Waals surface area contributed by atoms with Crippen molar-refractivity contribution in [1.29, 1.82) is 0 Å². The van der Waals surface area contributed by atoms with E-state index in [0.29, 0.717) is 12.5 Å². The predicted octanol–water partition coefficient (Wildman–Crippen LogP) is 1.90. The van der Waals surface area contributed by atoms with Crippen LogP contribution in [0.4, 0.5) is 0 Å². The Morgan fingerprint density at radius 2 is 2.21 bits per heavy atom. The van der Waals surface area contributed by atoms with Crippen molar-refractivity contribution in [1.82, 2.24) is 0 Å². The van der Waals surface area contributed by atoms with Crippen molar-refractivity contribution < 1.29 is 14.6 Å². The van der Waals surface area contributed by atoms with Crippen molar-refractivity contribution in [3.05, 3.63) is 12.2 Å². The largest absolute Gasteiger partial charge is 0.463 e. The molecule has 0 amide bonds. The van der Waals surface area contributed by atoms with Crippen LogP contribution in [0.3, 0.4) is 0 Å². The Balaban J connectivity index is 3.58. The Morgan fingerprint density at radius 3 is 2.79 bits per heavy atom. The molecule has 0 saturated carbocycles. The van der Waals surface area contributed by atoms with Crippen molar-refractivity contribution >= 4 is 5.97 Å². The van der Waals surface area contributed by atoms with E-state index in [0.717, 1.165) is 19.3 Å². The average Bonchev–Trinajstić information content (AvgIpc) is 2.16. The van der Waals surface area contributed by atoms with Crippen molar-refractivity contribution in [2.45, 2.75) is 33.1 Å². The van der Waals surface area contributed by atoms with Gasteiger partial charge in [0, 0.05) is 12.7 Å². The molecule has 3 nitrogen and oxygen atoms in total. The number of hydrogen-bond donors (Lipinski definition) is 1. The second-order valence-corrected chi connectivity index (χ2v) is 3.31. The van der Waals surface area contributed by atoms with Crippen molar-refractivity contribution in [2.24, 2.45) is 5.92 Å². The molecule has 0 saturated heterocycles. The van der Waals surface area contributed by atoms with Gasteiger partial charge in [-0.25, -0.2) is 4.79 Å². The van der Waals surface area contributed by atoms with Crippen LogP contribution < -0.4 is 0 Å². The minimum atomic E-state index is -0.276. The number of carbonyl (C=O) groups is 1. The fourth-order valence-corrected chi connectivity index (χ4v) is 1.11. The molecule has 0 aromatic carbocycles. The summed E-state index contributed by atoms with van der Waals surface area (Å²) < 4.78 is 4.75. The molecule has 0 bridgehead atoms. The van der Waals surface area contributed by atoms with E-state index in [2.05, 4.69) is 0 Å². The summed E-state index contributed by atoms with van der Waals surface area (Å²) in [5, 5.41) is 8.58. The van der Waals surface area contributed by atoms with Crippen LogP contribution in [-0.2, 0) is 9.53 Å². The fraction of sp³-hybridized carbons (Fsp3) is 0.727. The van der Waals surface area contributed by atoms with E-state index in [1.54, 1.807) is 6.92 Å². The highest BCUT2D eigenvalue weighted by Crippen LogP contribution is 2.08.